The zero-order chi connectivity index (χ0) is 14.3. The molecule has 0 bridgehead atoms. The number of hydrogen-bond donors (Lipinski definition) is 2. The molecule has 2 heterocycles. The highest BCUT2D eigenvalue weighted by atomic mass is 16.3. The van der Waals surface area contributed by atoms with Crippen molar-refractivity contribution in [1.82, 2.24) is 10.2 Å². The number of phenolic OH excluding ortho intramolecular Hbond substituents is 1. The highest BCUT2D eigenvalue weighted by Gasteiger charge is 2.47. The molecule has 2 N–H and O–H groups in total. The number of benzene rings is 1. The van der Waals surface area contributed by atoms with Gasteiger partial charge in [-0.05, 0) is 23.3 Å². The molecule has 1 unspecified atom stereocenters. The monoisotopic (exact) mass is 270 g/mol. The normalized spacial score (nSPS) is 25.4. The van der Waals surface area contributed by atoms with Crippen molar-refractivity contribution in [3.63, 3.8) is 0 Å². The van der Waals surface area contributed by atoms with Gasteiger partial charge in [0.25, 0.3) is 0 Å². The van der Waals surface area contributed by atoms with E-state index in [1.807, 2.05) is 11.0 Å². The van der Waals surface area contributed by atoms with Crippen LogP contribution in [0, 0.1) is 17.8 Å². The van der Waals surface area contributed by atoms with Gasteiger partial charge in [-0.3, -0.25) is 19.8 Å². The number of amides is 2. The summed E-state index contributed by atoms with van der Waals surface area (Å²) < 4.78 is 0. The van der Waals surface area contributed by atoms with Crippen LogP contribution in [0.3, 0.4) is 0 Å². The first-order valence-electron chi connectivity index (χ1n) is 6.38. The van der Waals surface area contributed by atoms with E-state index in [2.05, 4.69) is 11.2 Å². The number of terminal acetylenes is 1. The molecule has 1 fully saturated rings. The fourth-order valence-electron chi connectivity index (χ4n) is 2.88. The number of phenols is 1. The number of rotatable bonds is 2. The zero-order valence-electron chi connectivity index (χ0n) is 10.8. The molecule has 102 valence electrons. The molecule has 0 saturated carbocycles. The Morgan fingerprint density at radius 3 is 2.75 bits per heavy atom. The molecule has 1 aromatic carbocycles. The second-order valence-corrected chi connectivity index (χ2v) is 5.38. The predicted octanol–water partition coefficient (Wildman–Crippen LogP) is 0.374. The second-order valence-electron chi connectivity index (χ2n) is 5.38. The molecule has 5 heteroatoms. The van der Waals surface area contributed by atoms with Crippen LogP contribution in [-0.2, 0) is 22.7 Å². The molecule has 1 aromatic rings. The molecule has 2 aliphatic heterocycles. The third-order valence-electron chi connectivity index (χ3n) is 3.90. The molecule has 5 nitrogen and oxygen atoms in total. The van der Waals surface area contributed by atoms with Crippen LogP contribution in [-0.4, -0.2) is 28.4 Å². The van der Waals surface area contributed by atoms with E-state index in [0.717, 1.165) is 11.1 Å². The summed E-state index contributed by atoms with van der Waals surface area (Å²) in [7, 11) is 0. The van der Waals surface area contributed by atoms with Crippen molar-refractivity contribution in [2.75, 3.05) is 6.54 Å². The Kier molecular flexibility index (Phi) is 2.77. The lowest BCUT2D eigenvalue weighted by Gasteiger charge is -2.25. The van der Waals surface area contributed by atoms with Gasteiger partial charge in [-0.1, -0.05) is 12.0 Å². The van der Waals surface area contributed by atoms with E-state index >= 15 is 0 Å². The first-order chi connectivity index (χ1) is 9.52. The summed E-state index contributed by atoms with van der Waals surface area (Å²) in [5, 5.41) is 11.8. The smallest absolute Gasteiger partial charge is 0.246 e. The first kappa shape index (κ1) is 12.7. The zero-order valence-corrected chi connectivity index (χ0v) is 10.8. The van der Waals surface area contributed by atoms with Gasteiger partial charge < -0.3 is 5.11 Å². The van der Waals surface area contributed by atoms with Crippen LogP contribution in [0.1, 0.15) is 17.5 Å². The van der Waals surface area contributed by atoms with Crippen molar-refractivity contribution >= 4 is 11.8 Å². The van der Waals surface area contributed by atoms with Crippen molar-refractivity contribution in [2.24, 2.45) is 5.41 Å². The number of fused-ring (bicyclic) bond motifs is 1. The minimum atomic E-state index is -1.07. The SMILES string of the molecule is C#CC1(CN2Cc3ccc(O)cc3C2)CC(=O)NC1=O. The lowest BCUT2D eigenvalue weighted by molar-refractivity contribution is -0.127. The van der Waals surface area contributed by atoms with Gasteiger partial charge in [-0.25, -0.2) is 0 Å². The Hall–Kier alpha value is -2.32. The number of carbonyl (C=O) groups excluding carboxylic acids is 2. The van der Waals surface area contributed by atoms with Crippen molar-refractivity contribution in [2.45, 2.75) is 19.5 Å². The van der Waals surface area contributed by atoms with E-state index in [0.29, 0.717) is 19.6 Å². The van der Waals surface area contributed by atoms with Crippen LogP contribution >= 0.6 is 0 Å². The van der Waals surface area contributed by atoms with E-state index in [4.69, 9.17) is 6.42 Å². The van der Waals surface area contributed by atoms with Crippen molar-refractivity contribution in [1.29, 1.82) is 0 Å². The minimum absolute atomic E-state index is 0.0421. The van der Waals surface area contributed by atoms with E-state index in [-0.39, 0.29) is 24.0 Å². The maximum absolute atomic E-state index is 11.9. The van der Waals surface area contributed by atoms with Crippen LogP contribution in [0.25, 0.3) is 0 Å². The lowest BCUT2D eigenvalue weighted by Crippen LogP contribution is -2.39. The Labute approximate surface area is 116 Å². The minimum Gasteiger partial charge on any atom is -0.508 e. The average Bonchev–Trinajstić information content (AvgIpc) is 2.90. The Bertz CT molecular complexity index is 647. The maximum Gasteiger partial charge on any atom is 0.246 e. The number of carbonyl (C=O) groups is 2. The predicted molar refractivity (Wildman–Crippen MR) is 71.3 cm³/mol. The number of aromatic hydroxyl groups is 1. The number of nitrogens with one attached hydrogen (secondary N) is 1. The largest absolute Gasteiger partial charge is 0.508 e. The Morgan fingerprint density at radius 1 is 1.35 bits per heavy atom. The molecule has 2 amide bonds. The van der Waals surface area contributed by atoms with Crippen LogP contribution in [0.5, 0.6) is 5.75 Å². The fourth-order valence-corrected chi connectivity index (χ4v) is 2.88. The Morgan fingerprint density at radius 2 is 2.10 bits per heavy atom. The van der Waals surface area contributed by atoms with Gasteiger partial charge in [0.1, 0.15) is 11.2 Å². The van der Waals surface area contributed by atoms with Gasteiger partial charge in [-0.2, -0.15) is 0 Å². The summed E-state index contributed by atoms with van der Waals surface area (Å²) in [6.07, 6.45) is 5.54. The van der Waals surface area contributed by atoms with E-state index < -0.39 is 5.41 Å². The summed E-state index contributed by atoms with van der Waals surface area (Å²) in [4.78, 5) is 25.3. The third-order valence-corrected chi connectivity index (χ3v) is 3.90. The van der Waals surface area contributed by atoms with Gasteiger partial charge in [-0.15, -0.1) is 6.42 Å². The molecule has 0 radical (unpaired) electrons. The summed E-state index contributed by atoms with van der Waals surface area (Å²) in [6, 6.07) is 5.23. The van der Waals surface area contributed by atoms with E-state index in [9.17, 15) is 14.7 Å². The molecule has 0 aromatic heterocycles. The van der Waals surface area contributed by atoms with E-state index in [1.165, 1.54) is 0 Å². The number of hydrogen-bond acceptors (Lipinski definition) is 4. The van der Waals surface area contributed by atoms with Crippen LogP contribution in [0.15, 0.2) is 18.2 Å². The van der Waals surface area contributed by atoms with E-state index in [1.54, 1.807) is 12.1 Å². The molecule has 0 spiro atoms. The number of imide groups is 1. The highest BCUT2D eigenvalue weighted by Crippen LogP contribution is 2.33. The van der Waals surface area contributed by atoms with Crippen LogP contribution in [0.4, 0.5) is 0 Å². The standard InChI is InChI=1S/C15H14N2O3/c1-2-15(6-13(19)16-14(15)20)9-17-7-10-3-4-12(18)5-11(10)8-17/h1,3-5,18H,6-9H2,(H,16,19,20). The molecule has 20 heavy (non-hydrogen) atoms. The van der Waals surface area contributed by atoms with Gasteiger partial charge >= 0.3 is 0 Å². The summed E-state index contributed by atoms with van der Waals surface area (Å²) >= 11 is 0. The van der Waals surface area contributed by atoms with Crippen LogP contribution < -0.4 is 5.32 Å². The van der Waals surface area contributed by atoms with Gasteiger partial charge in [0.15, 0.2) is 0 Å². The summed E-state index contributed by atoms with van der Waals surface area (Å²) in [6.45, 7) is 1.63. The fraction of sp³-hybridized carbons (Fsp3) is 0.333. The molecular formula is C15H14N2O3. The first-order valence-corrected chi connectivity index (χ1v) is 6.38. The van der Waals surface area contributed by atoms with Gasteiger partial charge in [0, 0.05) is 19.6 Å². The molecule has 0 aliphatic carbocycles. The average molecular weight is 270 g/mol. The molecular weight excluding hydrogens is 256 g/mol. The lowest BCUT2D eigenvalue weighted by atomic mass is 9.86. The van der Waals surface area contributed by atoms with Gasteiger partial charge in [0.05, 0.1) is 6.42 Å². The molecule has 1 atom stereocenters. The molecule has 3 rings (SSSR count). The topological polar surface area (TPSA) is 69.6 Å². The van der Waals surface area contributed by atoms with Crippen molar-refractivity contribution < 1.29 is 14.7 Å². The Balaban J connectivity index is 1.79. The quantitative estimate of drug-likeness (QED) is 0.602. The highest BCUT2D eigenvalue weighted by molar-refractivity contribution is 6.07. The molecule has 1 saturated heterocycles. The summed E-state index contributed by atoms with van der Waals surface area (Å²) in [5.41, 5.74) is 1.07. The van der Waals surface area contributed by atoms with Crippen molar-refractivity contribution in [3.05, 3.63) is 29.3 Å². The molecule has 2 aliphatic rings. The van der Waals surface area contributed by atoms with Crippen LogP contribution in [0.2, 0.25) is 0 Å². The number of nitrogens with zero attached hydrogens (tertiary/aromatic N) is 1. The third kappa shape index (κ3) is 1.95. The van der Waals surface area contributed by atoms with Gasteiger partial charge in [0.2, 0.25) is 11.8 Å². The van der Waals surface area contributed by atoms with Crippen molar-refractivity contribution in [3.8, 4) is 18.1 Å². The second kappa shape index (κ2) is 4.36. The maximum atomic E-state index is 11.9. The summed E-state index contributed by atoms with van der Waals surface area (Å²) in [5.74, 6) is 2.02.